The lowest BCUT2D eigenvalue weighted by Gasteiger charge is -2.10. The van der Waals surface area contributed by atoms with Crippen molar-refractivity contribution in [1.29, 1.82) is 0 Å². The Balaban J connectivity index is 2.84. The Morgan fingerprint density at radius 1 is 1.45 bits per heavy atom. The van der Waals surface area contributed by atoms with E-state index >= 15 is 0 Å². The molecule has 0 saturated carbocycles. The number of anilines is 1. The Bertz CT molecular complexity index is 502. The molecular weight excluding hydrogens is 258 g/mol. The van der Waals surface area contributed by atoms with E-state index in [0.717, 1.165) is 5.56 Å². The van der Waals surface area contributed by atoms with Gasteiger partial charge < -0.3 is 19.9 Å². The highest BCUT2D eigenvalue weighted by Gasteiger charge is 2.08. The number of methoxy groups -OCH3 is 1. The highest BCUT2D eigenvalue weighted by Crippen LogP contribution is 2.25. The van der Waals surface area contributed by atoms with Gasteiger partial charge >= 0.3 is 0 Å². The molecule has 0 heterocycles. The van der Waals surface area contributed by atoms with Crippen molar-refractivity contribution in [3.8, 4) is 17.6 Å². The molecule has 5 heteroatoms. The summed E-state index contributed by atoms with van der Waals surface area (Å²) >= 11 is 0. The molecule has 0 radical (unpaired) electrons. The van der Waals surface area contributed by atoms with Crippen LogP contribution in [0.3, 0.4) is 0 Å². The van der Waals surface area contributed by atoms with Crippen LogP contribution in [0.5, 0.6) is 5.75 Å². The molecule has 0 aliphatic carbocycles. The van der Waals surface area contributed by atoms with Crippen LogP contribution in [0, 0.1) is 11.8 Å². The molecule has 0 aromatic heterocycles. The third-order valence-corrected chi connectivity index (χ3v) is 2.38. The summed E-state index contributed by atoms with van der Waals surface area (Å²) in [4.78, 5) is 11.7. The minimum absolute atomic E-state index is 0.0000723. The van der Waals surface area contributed by atoms with Crippen molar-refractivity contribution >= 4 is 11.6 Å². The Morgan fingerprint density at radius 2 is 2.25 bits per heavy atom. The van der Waals surface area contributed by atoms with Gasteiger partial charge in [-0.2, -0.15) is 0 Å². The van der Waals surface area contributed by atoms with Crippen LogP contribution in [-0.2, 0) is 9.53 Å². The van der Waals surface area contributed by atoms with Crippen LogP contribution >= 0.6 is 0 Å². The van der Waals surface area contributed by atoms with E-state index in [-0.39, 0.29) is 19.1 Å². The van der Waals surface area contributed by atoms with E-state index in [0.29, 0.717) is 24.5 Å². The third kappa shape index (κ3) is 5.31. The van der Waals surface area contributed by atoms with Gasteiger partial charge in [-0.1, -0.05) is 11.8 Å². The van der Waals surface area contributed by atoms with Gasteiger partial charge in [-0.05, 0) is 25.1 Å². The number of carbonyl (C=O) groups excluding carboxylic acids is 1. The number of ether oxygens (including phenoxy) is 2. The summed E-state index contributed by atoms with van der Waals surface area (Å²) in [5.74, 6) is 6.04. The number of amides is 1. The average molecular weight is 277 g/mol. The smallest absolute Gasteiger partial charge is 0.250 e. The number of aliphatic hydroxyl groups excluding tert-OH is 1. The van der Waals surface area contributed by atoms with E-state index in [1.807, 2.05) is 6.92 Å². The first-order chi connectivity index (χ1) is 9.71. The summed E-state index contributed by atoms with van der Waals surface area (Å²) in [7, 11) is 1.53. The number of aliphatic hydroxyl groups is 1. The average Bonchev–Trinajstić information content (AvgIpc) is 2.46. The zero-order valence-corrected chi connectivity index (χ0v) is 11.7. The number of hydrogen-bond acceptors (Lipinski definition) is 4. The first-order valence-corrected chi connectivity index (χ1v) is 6.36. The molecular formula is C15H19NO4. The lowest BCUT2D eigenvalue weighted by molar-refractivity contribution is -0.120. The molecule has 0 atom stereocenters. The van der Waals surface area contributed by atoms with Crippen molar-refractivity contribution in [3.63, 3.8) is 0 Å². The summed E-state index contributed by atoms with van der Waals surface area (Å²) in [6, 6.07) is 5.26. The van der Waals surface area contributed by atoms with Gasteiger partial charge in [0.25, 0.3) is 0 Å². The van der Waals surface area contributed by atoms with Crippen molar-refractivity contribution in [1.82, 2.24) is 0 Å². The highest BCUT2D eigenvalue weighted by atomic mass is 16.5. The molecule has 0 saturated heterocycles. The third-order valence-electron chi connectivity index (χ3n) is 2.38. The SMILES string of the molecule is CCOCC(=O)Nc1cc(C#CCCO)ccc1OC. The van der Waals surface area contributed by atoms with Crippen LogP contribution < -0.4 is 10.1 Å². The zero-order chi connectivity index (χ0) is 14.8. The van der Waals surface area contributed by atoms with Crippen molar-refractivity contribution in [2.24, 2.45) is 0 Å². The van der Waals surface area contributed by atoms with E-state index in [4.69, 9.17) is 14.6 Å². The summed E-state index contributed by atoms with van der Waals surface area (Å²) in [5.41, 5.74) is 1.29. The van der Waals surface area contributed by atoms with Crippen molar-refractivity contribution in [3.05, 3.63) is 23.8 Å². The normalized spacial score (nSPS) is 9.55. The molecule has 1 aromatic carbocycles. The summed E-state index contributed by atoms with van der Waals surface area (Å²) in [6.07, 6.45) is 0.415. The van der Waals surface area contributed by atoms with Crippen LogP contribution in [0.4, 0.5) is 5.69 Å². The Hall–Kier alpha value is -2.03. The van der Waals surface area contributed by atoms with Gasteiger partial charge in [0.1, 0.15) is 12.4 Å². The summed E-state index contributed by atoms with van der Waals surface area (Å²) in [6.45, 7) is 2.34. The maximum absolute atomic E-state index is 11.7. The van der Waals surface area contributed by atoms with E-state index < -0.39 is 0 Å². The van der Waals surface area contributed by atoms with Gasteiger partial charge in [-0.15, -0.1) is 0 Å². The largest absolute Gasteiger partial charge is 0.495 e. The van der Waals surface area contributed by atoms with Gasteiger partial charge in [0, 0.05) is 18.6 Å². The lowest BCUT2D eigenvalue weighted by atomic mass is 10.2. The second-order valence-corrected chi connectivity index (χ2v) is 3.88. The zero-order valence-electron chi connectivity index (χ0n) is 11.7. The highest BCUT2D eigenvalue weighted by molar-refractivity contribution is 5.93. The first-order valence-electron chi connectivity index (χ1n) is 6.36. The molecule has 2 N–H and O–H groups in total. The number of carbonyl (C=O) groups is 1. The molecule has 1 aromatic rings. The van der Waals surface area contributed by atoms with Crippen molar-refractivity contribution in [2.75, 3.05) is 32.2 Å². The molecule has 1 rings (SSSR count). The first kappa shape index (κ1) is 16.0. The van der Waals surface area contributed by atoms with Crippen LogP contribution in [0.15, 0.2) is 18.2 Å². The van der Waals surface area contributed by atoms with Crippen LogP contribution in [-0.4, -0.2) is 37.9 Å². The van der Waals surface area contributed by atoms with Gasteiger partial charge in [-0.25, -0.2) is 0 Å². The standard InChI is InChI=1S/C15H19NO4/c1-3-20-11-15(18)16-13-10-12(6-4-5-9-17)7-8-14(13)19-2/h7-8,10,17H,3,5,9,11H2,1-2H3,(H,16,18). The van der Waals surface area contributed by atoms with Gasteiger partial charge in [-0.3, -0.25) is 4.79 Å². The molecule has 0 fully saturated rings. The lowest BCUT2D eigenvalue weighted by Crippen LogP contribution is -2.18. The van der Waals surface area contributed by atoms with Gasteiger partial charge in [0.2, 0.25) is 5.91 Å². The molecule has 20 heavy (non-hydrogen) atoms. The molecule has 5 nitrogen and oxygen atoms in total. The number of nitrogens with one attached hydrogen (secondary N) is 1. The molecule has 0 aliphatic heterocycles. The van der Waals surface area contributed by atoms with Crippen molar-refractivity contribution < 1.29 is 19.4 Å². The van der Waals surface area contributed by atoms with Crippen LogP contribution in [0.2, 0.25) is 0 Å². The minimum Gasteiger partial charge on any atom is -0.495 e. The predicted molar refractivity (Wildman–Crippen MR) is 76.7 cm³/mol. The maximum atomic E-state index is 11.7. The second kappa shape index (κ2) is 8.97. The van der Waals surface area contributed by atoms with Crippen LogP contribution in [0.1, 0.15) is 18.9 Å². The summed E-state index contributed by atoms with van der Waals surface area (Å²) < 4.78 is 10.2. The predicted octanol–water partition coefficient (Wildman–Crippen LogP) is 1.40. The molecule has 0 bridgehead atoms. The van der Waals surface area contributed by atoms with E-state index in [9.17, 15) is 4.79 Å². The Morgan fingerprint density at radius 3 is 2.90 bits per heavy atom. The van der Waals surface area contributed by atoms with Gasteiger partial charge in [0.15, 0.2) is 0 Å². The number of rotatable bonds is 6. The fourth-order valence-corrected chi connectivity index (χ4v) is 1.48. The minimum atomic E-state index is -0.245. The number of hydrogen-bond donors (Lipinski definition) is 2. The maximum Gasteiger partial charge on any atom is 0.250 e. The topological polar surface area (TPSA) is 67.8 Å². The van der Waals surface area contributed by atoms with Crippen LogP contribution in [0.25, 0.3) is 0 Å². The molecule has 0 unspecified atom stereocenters. The van der Waals surface area contributed by atoms with E-state index in [2.05, 4.69) is 17.2 Å². The monoisotopic (exact) mass is 277 g/mol. The fourth-order valence-electron chi connectivity index (χ4n) is 1.48. The Labute approximate surface area is 118 Å². The van der Waals surface area contributed by atoms with E-state index in [1.165, 1.54) is 7.11 Å². The van der Waals surface area contributed by atoms with E-state index in [1.54, 1.807) is 18.2 Å². The fraction of sp³-hybridized carbons (Fsp3) is 0.400. The molecule has 108 valence electrons. The number of benzene rings is 1. The molecule has 0 aliphatic rings. The second-order valence-electron chi connectivity index (χ2n) is 3.88. The summed E-state index contributed by atoms with van der Waals surface area (Å²) in [5, 5.41) is 11.4. The quantitative estimate of drug-likeness (QED) is 0.771. The molecule has 1 amide bonds. The van der Waals surface area contributed by atoms with Crippen molar-refractivity contribution in [2.45, 2.75) is 13.3 Å². The Kier molecular flexibility index (Phi) is 7.18. The van der Waals surface area contributed by atoms with Gasteiger partial charge in [0.05, 0.1) is 19.4 Å². The molecule has 0 spiro atoms.